The second kappa shape index (κ2) is 6.93. The third kappa shape index (κ3) is 3.05. The zero-order chi connectivity index (χ0) is 17.3. The largest absolute Gasteiger partial charge is 0.466 e. The number of halogens is 1. The molecule has 1 aromatic carbocycles. The van der Waals surface area contributed by atoms with Crippen molar-refractivity contribution in [2.45, 2.75) is 13.0 Å². The number of carbonyl (C=O) groups is 1. The lowest BCUT2D eigenvalue weighted by Gasteiger charge is -2.37. The quantitative estimate of drug-likeness (QED) is 0.637. The molecule has 124 valence electrons. The summed E-state index contributed by atoms with van der Waals surface area (Å²) in [6, 6.07) is 8.95. The maximum atomic E-state index is 12.4. The summed E-state index contributed by atoms with van der Waals surface area (Å²) in [5.74, 6) is -0.377. The first kappa shape index (κ1) is 17.0. The number of hydrogen-bond donors (Lipinski definition) is 1. The topological polar surface area (TPSA) is 41.6 Å². The van der Waals surface area contributed by atoms with Gasteiger partial charge in [-0.15, -0.1) is 0 Å². The summed E-state index contributed by atoms with van der Waals surface area (Å²) in [5, 5.41) is 8.38. The predicted molar refractivity (Wildman–Crippen MR) is 101 cm³/mol. The molecule has 7 heteroatoms. The highest BCUT2D eigenvalue weighted by Crippen LogP contribution is 2.35. The first-order chi connectivity index (χ1) is 11.5. The summed E-state index contributed by atoms with van der Waals surface area (Å²) in [4.78, 5) is 14.2. The van der Waals surface area contributed by atoms with Gasteiger partial charge in [0.2, 0.25) is 0 Å². The summed E-state index contributed by atoms with van der Waals surface area (Å²) < 4.78 is 5.00. The molecule has 0 radical (unpaired) electrons. The molecule has 0 bridgehead atoms. The highest BCUT2D eigenvalue weighted by molar-refractivity contribution is 7.80. The lowest BCUT2D eigenvalue weighted by molar-refractivity contribution is -0.136. The van der Waals surface area contributed by atoms with E-state index in [1.165, 1.54) is 7.11 Å². The van der Waals surface area contributed by atoms with Crippen molar-refractivity contribution in [1.82, 2.24) is 5.32 Å². The van der Waals surface area contributed by atoms with Gasteiger partial charge in [0, 0.05) is 16.4 Å². The molecule has 1 atom stereocenters. The predicted octanol–water partition coefficient (Wildman–Crippen LogP) is 4.28. The van der Waals surface area contributed by atoms with Crippen LogP contribution in [-0.2, 0) is 9.53 Å². The molecule has 0 spiro atoms. The van der Waals surface area contributed by atoms with Crippen molar-refractivity contribution >= 4 is 51.9 Å². The van der Waals surface area contributed by atoms with E-state index in [0.29, 0.717) is 15.7 Å². The number of anilines is 1. The minimum absolute atomic E-state index is 0.320. The highest BCUT2D eigenvalue weighted by Gasteiger charge is 2.35. The van der Waals surface area contributed by atoms with Crippen LogP contribution in [0.4, 0.5) is 5.69 Å². The fourth-order valence-electron chi connectivity index (χ4n) is 2.71. The molecular formula is C17H15ClN2O2S2. The standard InChI is InChI=1S/C17H15ClN2O2S2/c1-10-14(16(21)22-2)15(11-7-8-24-9-11)19-17(23)20(10)13-5-3-12(18)4-6-13/h3-9,15H,1-2H3,(H,19,23). The third-order valence-electron chi connectivity index (χ3n) is 3.85. The van der Waals surface area contributed by atoms with Gasteiger partial charge in [0.05, 0.1) is 18.7 Å². The summed E-state index contributed by atoms with van der Waals surface area (Å²) in [6.07, 6.45) is 0. The van der Waals surface area contributed by atoms with Crippen LogP contribution in [0.5, 0.6) is 0 Å². The van der Waals surface area contributed by atoms with Crippen LogP contribution in [-0.4, -0.2) is 18.2 Å². The summed E-state index contributed by atoms with van der Waals surface area (Å²) in [6.45, 7) is 1.87. The Morgan fingerprint density at radius 2 is 2.04 bits per heavy atom. The SMILES string of the molecule is COC(=O)C1=C(C)N(c2ccc(Cl)cc2)C(=S)NC1c1ccsc1. The lowest BCUT2D eigenvalue weighted by Crippen LogP contribution is -2.48. The van der Waals surface area contributed by atoms with Crippen molar-refractivity contribution in [3.8, 4) is 0 Å². The van der Waals surface area contributed by atoms with Crippen LogP contribution in [0.15, 0.2) is 52.4 Å². The summed E-state index contributed by atoms with van der Waals surface area (Å²) in [7, 11) is 1.38. The number of nitrogens with one attached hydrogen (secondary N) is 1. The van der Waals surface area contributed by atoms with E-state index in [2.05, 4.69) is 5.32 Å². The fourth-order valence-corrected chi connectivity index (χ4v) is 3.88. The molecule has 1 N–H and O–H groups in total. The number of allylic oxidation sites excluding steroid dienone is 1. The molecule has 1 aromatic heterocycles. The Kier molecular flexibility index (Phi) is 4.89. The van der Waals surface area contributed by atoms with E-state index in [0.717, 1.165) is 16.9 Å². The second-order valence-electron chi connectivity index (χ2n) is 5.24. The molecular weight excluding hydrogens is 364 g/mol. The molecule has 0 fully saturated rings. The molecule has 2 aromatic rings. The summed E-state index contributed by atoms with van der Waals surface area (Å²) >= 11 is 13.1. The zero-order valence-electron chi connectivity index (χ0n) is 13.1. The van der Waals surface area contributed by atoms with E-state index in [-0.39, 0.29) is 12.0 Å². The number of ether oxygens (including phenoxy) is 1. The number of hydrogen-bond acceptors (Lipinski definition) is 4. The number of methoxy groups -OCH3 is 1. The molecule has 0 saturated carbocycles. The first-order valence-corrected chi connectivity index (χ1v) is 8.93. The Balaban J connectivity index is 2.12. The third-order valence-corrected chi connectivity index (χ3v) is 5.11. The van der Waals surface area contributed by atoms with Crippen LogP contribution in [0.3, 0.4) is 0 Å². The van der Waals surface area contributed by atoms with Gasteiger partial charge in [-0.25, -0.2) is 4.79 Å². The maximum absolute atomic E-state index is 12.4. The van der Waals surface area contributed by atoms with E-state index in [9.17, 15) is 4.79 Å². The van der Waals surface area contributed by atoms with Crippen molar-refractivity contribution in [3.63, 3.8) is 0 Å². The second-order valence-corrected chi connectivity index (χ2v) is 6.84. The van der Waals surface area contributed by atoms with Crippen molar-refractivity contribution in [2.24, 2.45) is 0 Å². The molecule has 1 aliphatic heterocycles. The van der Waals surface area contributed by atoms with Crippen LogP contribution >= 0.6 is 35.2 Å². The molecule has 3 rings (SSSR count). The monoisotopic (exact) mass is 378 g/mol. The molecule has 24 heavy (non-hydrogen) atoms. The number of nitrogens with zero attached hydrogens (tertiary/aromatic N) is 1. The van der Waals surface area contributed by atoms with Gasteiger partial charge in [0.15, 0.2) is 5.11 Å². The maximum Gasteiger partial charge on any atom is 0.337 e. The number of rotatable bonds is 3. The minimum atomic E-state index is -0.377. The van der Waals surface area contributed by atoms with Crippen LogP contribution in [0, 0.1) is 0 Å². The number of thiophene rings is 1. The van der Waals surface area contributed by atoms with E-state index >= 15 is 0 Å². The van der Waals surface area contributed by atoms with Crippen molar-refractivity contribution in [3.05, 3.63) is 62.9 Å². The highest BCUT2D eigenvalue weighted by atomic mass is 35.5. The van der Waals surface area contributed by atoms with Crippen LogP contribution in [0.2, 0.25) is 5.02 Å². The van der Waals surface area contributed by atoms with E-state index < -0.39 is 0 Å². The van der Waals surface area contributed by atoms with E-state index in [4.69, 9.17) is 28.6 Å². The molecule has 1 aliphatic rings. The number of carbonyl (C=O) groups excluding carboxylic acids is 1. The van der Waals surface area contributed by atoms with Crippen LogP contribution < -0.4 is 10.2 Å². The number of benzene rings is 1. The van der Waals surface area contributed by atoms with Gasteiger partial charge in [-0.05, 0) is 65.8 Å². The molecule has 0 aliphatic carbocycles. The Morgan fingerprint density at radius 3 is 2.62 bits per heavy atom. The summed E-state index contributed by atoms with van der Waals surface area (Å²) in [5.41, 5.74) is 3.10. The van der Waals surface area contributed by atoms with Gasteiger partial charge >= 0.3 is 5.97 Å². The molecule has 1 unspecified atom stereocenters. The van der Waals surface area contributed by atoms with Gasteiger partial charge in [0.25, 0.3) is 0 Å². The lowest BCUT2D eigenvalue weighted by atomic mass is 9.97. The van der Waals surface area contributed by atoms with Gasteiger partial charge < -0.3 is 10.1 Å². The Hall–Kier alpha value is -1.89. The van der Waals surface area contributed by atoms with Crippen molar-refractivity contribution < 1.29 is 9.53 Å². The fraction of sp³-hybridized carbons (Fsp3) is 0.176. The molecule has 0 saturated heterocycles. The molecule has 2 heterocycles. The number of esters is 1. The van der Waals surface area contributed by atoms with E-state index in [1.54, 1.807) is 23.5 Å². The van der Waals surface area contributed by atoms with E-state index in [1.807, 2.05) is 40.8 Å². The Bertz CT molecular complexity index is 801. The van der Waals surface area contributed by atoms with Gasteiger partial charge in [-0.3, -0.25) is 4.90 Å². The minimum Gasteiger partial charge on any atom is -0.466 e. The average molecular weight is 379 g/mol. The van der Waals surface area contributed by atoms with Crippen LogP contribution in [0.1, 0.15) is 18.5 Å². The van der Waals surface area contributed by atoms with Gasteiger partial charge in [-0.1, -0.05) is 11.6 Å². The first-order valence-electron chi connectivity index (χ1n) is 7.20. The molecule has 4 nitrogen and oxygen atoms in total. The van der Waals surface area contributed by atoms with Gasteiger partial charge in [-0.2, -0.15) is 11.3 Å². The number of thiocarbonyl (C=S) groups is 1. The zero-order valence-corrected chi connectivity index (χ0v) is 15.5. The van der Waals surface area contributed by atoms with Crippen LogP contribution in [0.25, 0.3) is 0 Å². The average Bonchev–Trinajstić information content (AvgIpc) is 3.10. The Morgan fingerprint density at radius 1 is 1.33 bits per heavy atom. The molecule has 0 amide bonds. The van der Waals surface area contributed by atoms with Crippen molar-refractivity contribution in [1.29, 1.82) is 0 Å². The smallest absolute Gasteiger partial charge is 0.337 e. The normalized spacial score (nSPS) is 17.7. The van der Waals surface area contributed by atoms with Crippen molar-refractivity contribution in [2.75, 3.05) is 12.0 Å². The Labute approximate surface area is 154 Å². The van der Waals surface area contributed by atoms with Gasteiger partial charge in [0.1, 0.15) is 0 Å².